The molecule has 0 aliphatic heterocycles. The maximum absolute atomic E-state index is 5.23. The van der Waals surface area contributed by atoms with Crippen LogP contribution in [-0.4, -0.2) is 19.4 Å². The summed E-state index contributed by atoms with van der Waals surface area (Å²) in [6.45, 7) is 4.04. The third kappa shape index (κ3) is 5.85. The van der Waals surface area contributed by atoms with Crippen LogP contribution < -0.4 is 0 Å². The van der Waals surface area contributed by atoms with E-state index in [-0.39, 0.29) is 0 Å². The van der Waals surface area contributed by atoms with Crippen molar-refractivity contribution < 1.29 is 0 Å². The molecule has 8 aromatic rings. The van der Waals surface area contributed by atoms with Gasteiger partial charge < -0.3 is 0 Å². The van der Waals surface area contributed by atoms with Gasteiger partial charge in [-0.05, 0) is 72.5 Å². The number of pyridine rings is 1. The van der Waals surface area contributed by atoms with Crippen molar-refractivity contribution in [1.82, 2.24) is 19.4 Å². The molecule has 5 aromatic carbocycles. The van der Waals surface area contributed by atoms with E-state index in [2.05, 4.69) is 144 Å². The van der Waals surface area contributed by atoms with Crippen molar-refractivity contribution >= 4 is 11.7 Å². The van der Waals surface area contributed by atoms with Gasteiger partial charge in [-0.25, -0.2) is 15.0 Å². The number of hydrogen-bond donors (Lipinski definition) is 0. The quantitative estimate of drug-likeness (QED) is 0.176. The number of hydrogen-bond acceptors (Lipinski definition) is 3. The predicted molar refractivity (Wildman–Crippen MR) is 203 cm³/mol. The maximum Gasteiger partial charge on any atom is 0.137 e. The molecular weight excluding hydrogens is 597 g/mol. The smallest absolute Gasteiger partial charge is 0.137 e. The van der Waals surface area contributed by atoms with Crippen LogP contribution in [0.4, 0.5) is 0 Å². The van der Waals surface area contributed by atoms with Crippen LogP contribution in [0.3, 0.4) is 0 Å². The lowest BCUT2D eigenvalue weighted by Crippen LogP contribution is -2.00. The fraction of sp³-hybridized carbons (Fsp3) is 0.0444. The van der Waals surface area contributed by atoms with E-state index in [1.54, 1.807) is 0 Å². The zero-order valence-corrected chi connectivity index (χ0v) is 27.5. The number of aryl methyl sites for hydroxylation is 1. The molecule has 4 nitrogen and oxygen atoms in total. The van der Waals surface area contributed by atoms with Gasteiger partial charge in [0.15, 0.2) is 0 Å². The number of allylic oxidation sites excluding steroid dienone is 1. The predicted octanol–water partition coefficient (Wildman–Crippen LogP) is 11.5. The van der Waals surface area contributed by atoms with Crippen molar-refractivity contribution in [2.45, 2.75) is 13.8 Å². The van der Waals surface area contributed by atoms with Crippen molar-refractivity contribution in [3.8, 4) is 67.3 Å². The Hall–Kier alpha value is -6.39. The molecule has 0 atom stereocenters. The van der Waals surface area contributed by atoms with Crippen LogP contribution in [-0.2, 0) is 0 Å². The van der Waals surface area contributed by atoms with Gasteiger partial charge in [0, 0.05) is 28.5 Å². The van der Waals surface area contributed by atoms with E-state index < -0.39 is 0 Å². The molecule has 0 saturated carbocycles. The molecule has 0 aliphatic carbocycles. The van der Waals surface area contributed by atoms with Gasteiger partial charge in [-0.15, -0.1) is 0 Å². The molecule has 0 fully saturated rings. The zero-order chi connectivity index (χ0) is 33.2. The summed E-state index contributed by atoms with van der Waals surface area (Å²) in [6.07, 6.45) is 6.13. The highest BCUT2D eigenvalue weighted by Gasteiger charge is 2.18. The Bertz CT molecular complexity index is 2430. The monoisotopic (exact) mass is 630 g/mol. The first-order valence-electron chi connectivity index (χ1n) is 16.6. The van der Waals surface area contributed by atoms with Gasteiger partial charge in [0.2, 0.25) is 0 Å². The van der Waals surface area contributed by atoms with Gasteiger partial charge in [0.05, 0.1) is 34.2 Å². The summed E-state index contributed by atoms with van der Waals surface area (Å²) in [5.41, 5.74) is 15.2. The molecule has 4 heteroatoms. The van der Waals surface area contributed by atoms with Crippen LogP contribution in [0.1, 0.15) is 18.3 Å². The molecule has 234 valence electrons. The SMILES string of the molecule is C/C=C\c1nc(-c2cc(-c3ccccc3)cc(-c3ccc(-c4nc5ccccn5c4-c4ccccc4)cc3)c2)c(-c2ccccc2)nc1C. The van der Waals surface area contributed by atoms with E-state index in [1.165, 1.54) is 0 Å². The Kier molecular flexibility index (Phi) is 7.96. The molecule has 0 spiro atoms. The molecule has 3 aromatic heterocycles. The topological polar surface area (TPSA) is 43.1 Å². The molecule has 0 radical (unpaired) electrons. The molecule has 0 bridgehead atoms. The average Bonchev–Trinajstić information content (AvgIpc) is 3.56. The first-order valence-corrected chi connectivity index (χ1v) is 16.6. The number of aromatic nitrogens is 4. The van der Waals surface area contributed by atoms with Crippen LogP contribution >= 0.6 is 0 Å². The van der Waals surface area contributed by atoms with Gasteiger partial charge in [-0.2, -0.15) is 0 Å². The summed E-state index contributed by atoms with van der Waals surface area (Å²) in [7, 11) is 0. The second-order valence-electron chi connectivity index (χ2n) is 12.1. The third-order valence-corrected chi connectivity index (χ3v) is 8.86. The van der Waals surface area contributed by atoms with Crippen molar-refractivity contribution in [3.63, 3.8) is 0 Å². The fourth-order valence-electron chi connectivity index (χ4n) is 6.46. The normalized spacial score (nSPS) is 11.4. The summed E-state index contributed by atoms with van der Waals surface area (Å²) in [5.74, 6) is 0. The first-order chi connectivity index (χ1) is 24.2. The molecule has 0 N–H and O–H groups in total. The zero-order valence-electron chi connectivity index (χ0n) is 27.5. The molecular formula is C45H34N4. The molecule has 8 rings (SSSR count). The Labute approximate surface area is 286 Å². The molecule has 3 heterocycles. The Balaban J connectivity index is 1.29. The van der Waals surface area contributed by atoms with Gasteiger partial charge in [0.25, 0.3) is 0 Å². The Morgan fingerprint density at radius 2 is 0.959 bits per heavy atom. The number of rotatable bonds is 7. The highest BCUT2D eigenvalue weighted by Crippen LogP contribution is 2.38. The van der Waals surface area contributed by atoms with E-state index in [1.807, 2.05) is 44.2 Å². The Morgan fingerprint density at radius 1 is 0.449 bits per heavy atom. The fourth-order valence-corrected chi connectivity index (χ4v) is 6.46. The van der Waals surface area contributed by atoms with Crippen molar-refractivity contribution in [2.75, 3.05) is 0 Å². The summed E-state index contributed by atoms with van der Waals surface area (Å²) in [5, 5.41) is 0. The third-order valence-electron chi connectivity index (χ3n) is 8.86. The summed E-state index contributed by atoms with van der Waals surface area (Å²) >= 11 is 0. The molecule has 0 amide bonds. The minimum atomic E-state index is 0.859. The average molecular weight is 631 g/mol. The second-order valence-corrected chi connectivity index (χ2v) is 12.1. The van der Waals surface area contributed by atoms with Crippen LogP contribution in [0, 0.1) is 6.92 Å². The van der Waals surface area contributed by atoms with Gasteiger partial charge in [0.1, 0.15) is 5.65 Å². The van der Waals surface area contributed by atoms with Crippen LogP contribution in [0.15, 0.2) is 164 Å². The molecule has 0 unspecified atom stereocenters. The number of imidazole rings is 1. The standard InChI is InChI=1S/C45H34N4/c1-3-15-40-31(2)46-42(34-18-9-5-10-19-34)43(47-40)39-29-37(32-16-7-4-8-17-32)28-38(30-39)33-23-25-35(26-24-33)44-45(36-20-11-6-12-21-36)49-27-14-13-22-41(49)48-44/h3-30H,1-2H3/b15-3-. The lowest BCUT2D eigenvalue weighted by Gasteiger charge is -2.15. The van der Waals surface area contributed by atoms with E-state index >= 15 is 0 Å². The van der Waals surface area contributed by atoms with Crippen LogP contribution in [0.25, 0.3) is 79.0 Å². The lowest BCUT2D eigenvalue weighted by molar-refractivity contribution is 1.11. The van der Waals surface area contributed by atoms with Crippen molar-refractivity contribution in [2.24, 2.45) is 0 Å². The van der Waals surface area contributed by atoms with E-state index in [4.69, 9.17) is 15.0 Å². The molecule has 49 heavy (non-hydrogen) atoms. The Morgan fingerprint density at radius 3 is 1.61 bits per heavy atom. The number of nitrogens with zero attached hydrogens (tertiary/aromatic N) is 4. The maximum atomic E-state index is 5.23. The van der Waals surface area contributed by atoms with E-state index in [0.717, 1.165) is 84.3 Å². The van der Waals surface area contributed by atoms with E-state index in [9.17, 15) is 0 Å². The summed E-state index contributed by atoms with van der Waals surface area (Å²) in [4.78, 5) is 15.4. The van der Waals surface area contributed by atoms with Crippen molar-refractivity contribution in [1.29, 1.82) is 0 Å². The molecule has 0 aliphatic rings. The number of benzene rings is 5. The number of fused-ring (bicyclic) bond motifs is 1. The van der Waals surface area contributed by atoms with Crippen LogP contribution in [0.5, 0.6) is 0 Å². The highest BCUT2D eigenvalue weighted by molar-refractivity contribution is 5.87. The lowest BCUT2D eigenvalue weighted by atomic mass is 9.93. The van der Waals surface area contributed by atoms with Crippen molar-refractivity contribution in [3.05, 3.63) is 175 Å². The second kappa shape index (κ2) is 13.0. The highest BCUT2D eigenvalue weighted by atomic mass is 15.0. The minimum absolute atomic E-state index is 0.859. The molecule has 0 saturated heterocycles. The minimum Gasteiger partial charge on any atom is -0.299 e. The van der Waals surface area contributed by atoms with Gasteiger partial charge in [-0.3, -0.25) is 4.40 Å². The van der Waals surface area contributed by atoms with Gasteiger partial charge >= 0.3 is 0 Å². The largest absolute Gasteiger partial charge is 0.299 e. The first kappa shape index (κ1) is 30.0. The van der Waals surface area contributed by atoms with Crippen LogP contribution in [0.2, 0.25) is 0 Å². The summed E-state index contributed by atoms with van der Waals surface area (Å²) in [6, 6.07) is 53.0. The van der Waals surface area contributed by atoms with Gasteiger partial charge in [-0.1, -0.05) is 127 Å². The summed E-state index contributed by atoms with van der Waals surface area (Å²) < 4.78 is 2.17. The van der Waals surface area contributed by atoms with E-state index in [0.29, 0.717) is 0 Å².